The summed E-state index contributed by atoms with van der Waals surface area (Å²) in [7, 11) is 0. The van der Waals surface area contributed by atoms with Gasteiger partial charge in [0.1, 0.15) is 18.3 Å². The number of para-hydroxylation sites is 1. The number of hydrogen-bond donors (Lipinski definition) is 0. The summed E-state index contributed by atoms with van der Waals surface area (Å²) in [6, 6.07) is 7.77. The Labute approximate surface area is 122 Å². The molecule has 0 saturated carbocycles. The monoisotopic (exact) mass is 288 g/mol. The van der Waals surface area contributed by atoms with Gasteiger partial charge in [-0.2, -0.15) is 4.98 Å². The average molecular weight is 288 g/mol. The van der Waals surface area contributed by atoms with Crippen LogP contribution in [0.25, 0.3) is 0 Å². The lowest BCUT2D eigenvalue weighted by Crippen LogP contribution is -2.13. The number of carbonyl (C=O) groups excluding carboxylic acids is 1. The van der Waals surface area contributed by atoms with E-state index in [2.05, 4.69) is 10.1 Å². The van der Waals surface area contributed by atoms with Crippen LogP contribution in [-0.2, 0) is 9.53 Å². The molecule has 6 heteroatoms. The molecule has 1 aromatic carbocycles. The number of benzene rings is 1. The second-order valence-corrected chi connectivity index (χ2v) is 4.87. The quantitative estimate of drug-likeness (QED) is 0.803. The van der Waals surface area contributed by atoms with Gasteiger partial charge in [-0.05, 0) is 19.9 Å². The molecule has 1 aliphatic rings. The van der Waals surface area contributed by atoms with Gasteiger partial charge in [-0.15, -0.1) is 0 Å². The summed E-state index contributed by atoms with van der Waals surface area (Å²) >= 11 is 0. The maximum Gasteiger partial charge on any atom is 0.318 e. The Morgan fingerprint density at radius 1 is 1.48 bits per heavy atom. The van der Waals surface area contributed by atoms with Gasteiger partial charge in [0.2, 0.25) is 5.89 Å². The van der Waals surface area contributed by atoms with Gasteiger partial charge >= 0.3 is 5.97 Å². The Hall–Kier alpha value is -2.37. The van der Waals surface area contributed by atoms with Crippen molar-refractivity contribution >= 4 is 5.97 Å². The summed E-state index contributed by atoms with van der Waals surface area (Å²) in [4.78, 5) is 16.0. The highest BCUT2D eigenvalue weighted by Crippen LogP contribution is 2.36. The standard InChI is InChI=1S/C15H16N2O4/c1-3-19-15(18)9(2)14-16-13(17-21-14)11-8-20-12-7-5-4-6-10(11)12/h4-7,9,11H,3,8H2,1-2H3. The van der Waals surface area contributed by atoms with Gasteiger partial charge < -0.3 is 14.0 Å². The number of ether oxygens (including phenoxy) is 2. The Morgan fingerprint density at radius 2 is 2.29 bits per heavy atom. The minimum absolute atomic E-state index is 0.0619. The van der Waals surface area contributed by atoms with Gasteiger partial charge in [-0.1, -0.05) is 23.4 Å². The molecule has 0 bridgehead atoms. The summed E-state index contributed by atoms with van der Waals surface area (Å²) in [5, 5.41) is 3.99. The summed E-state index contributed by atoms with van der Waals surface area (Å²) in [5.41, 5.74) is 1.04. The number of esters is 1. The first-order valence-electron chi connectivity index (χ1n) is 6.92. The molecular weight excluding hydrogens is 272 g/mol. The van der Waals surface area contributed by atoms with Crippen LogP contribution in [0.4, 0.5) is 0 Å². The fourth-order valence-corrected chi connectivity index (χ4v) is 2.31. The van der Waals surface area contributed by atoms with E-state index in [0.29, 0.717) is 19.0 Å². The Kier molecular flexibility index (Phi) is 3.60. The lowest BCUT2D eigenvalue weighted by Gasteiger charge is -2.05. The number of rotatable bonds is 4. The molecule has 21 heavy (non-hydrogen) atoms. The first-order valence-corrected chi connectivity index (χ1v) is 6.92. The highest BCUT2D eigenvalue weighted by Gasteiger charge is 2.31. The summed E-state index contributed by atoms with van der Waals surface area (Å²) in [6.07, 6.45) is 0. The Bertz CT molecular complexity index is 653. The zero-order chi connectivity index (χ0) is 14.8. The van der Waals surface area contributed by atoms with Crippen molar-refractivity contribution in [2.75, 3.05) is 13.2 Å². The van der Waals surface area contributed by atoms with Crippen LogP contribution in [-0.4, -0.2) is 29.3 Å². The predicted octanol–water partition coefficient (Wildman–Crippen LogP) is 2.26. The molecule has 0 radical (unpaired) electrons. The number of nitrogens with zero attached hydrogens (tertiary/aromatic N) is 2. The van der Waals surface area contributed by atoms with E-state index in [-0.39, 0.29) is 17.8 Å². The van der Waals surface area contributed by atoms with E-state index in [9.17, 15) is 4.79 Å². The highest BCUT2D eigenvalue weighted by molar-refractivity contribution is 5.76. The summed E-state index contributed by atoms with van der Waals surface area (Å²) in [6.45, 7) is 4.26. The smallest absolute Gasteiger partial charge is 0.318 e. The average Bonchev–Trinajstić information content (AvgIpc) is 3.13. The van der Waals surface area contributed by atoms with E-state index in [0.717, 1.165) is 11.3 Å². The molecule has 0 amide bonds. The van der Waals surface area contributed by atoms with Crippen molar-refractivity contribution in [3.63, 3.8) is 0 Å². The van der Waals surface area contributed by atoms with Crippen LogP contribution in [0.2, 0.25) is 0 Å². The Morgan fingerprint density at radius 3 is 3.10 bits per heavy atom. The van der Waals surface area contributed by atoms with Crippen molar-refractivity contribution in [2.45, 2.75) is 25.7 Å². The van der Waals surface area contributed by atoms with E-state index in [1.54, 1.807) is 13.8 Å². The van der Waals surface area contributed by atoms with Crippen LogP contribution in [0.15, 0.2) is 28.8 Å². The molecule has 1 aromatic heterocycles. The maximum atomic E-state index is 11.7. The van der Waals surface area contributed by atoms with Crippen LogP contribution < -0.4 is 4.74 Å². The first-order chi connectivity index (χ1) is 10.2. The fraction of sp³-hybridized carbons (Fsp3) is 0.400. The molecule has 6 nitrogen and oxygen atoms in total. The minimum Gasteiger partial charge on any atom is -0.492 e. The zero-order valence-corrected chi connectivity index (χ0v) is 11.9. The first kappa shape index (κ1) is 13.6. The third-order valence-electron chi connectivity index (χ3n) is 3.48. The largest absolute Gasteiger partial charge is 0.492 e. The third-order valence-corrected chi connectivity index (χ3v) is 3.48. The molecule has 3 rings (SSSR count). The molecule has 0 aliphatic carbocycles. The molecule has 0 saturated heterocycles. The second-order valence-electron chi connectivity index (χ2n) is 4.87. The zero-order valence-electron chi connectivity index (χ0n) is 11.9. The van der Waals surface area contributed by atoms with E-state index < -0.39 is 5.92 Å². The van der Waals surface area contributed by atoms with E-state index in [4.69, 9.17) is 14.0 Å². The van der Waals surface area contributed by atoms with Crippen molar-refractivity contribution in [1.82, 2.24) is 10.1 Å². The van der Waals surface area contributed by atoms with Gasteiger partial charge in [-0.25, -0.2) is 0 Å². The van der Waals surface area contributed by atoms with Crippen molar-refractivity contribution in [3.05, 3.63) is 41.5 Å². The normalized spacial score (nSPS) is 17.9. The number of aromatic nitrogens is 2. The molecule has 2 unspecified atom stereocenters. The molecule has 2 atom stereocenters. The number of hydrogen-bond acceptors (Lipinski definition) is 6. The lowest BCUT2D eigenvalue weighted by atomic mass is 10.0. The third kappa shape index (κ3) is 2.49. The lowest BCUT2D eigenvalue weighted by molar-refractivity contribution is -0.145. The number of fused-ring (bicyclic) bond motifs is 1. The van der Waals surface area contributed by atoms with Crippen LogP contribution >= 0.6 is 0 Å². The van der Waals surface area contributed by atoms with Gasteiger partial charge in [0, 0.05) is 5.56 Å². The van der Waals surface area contributed by atoms with Crippen molar-refractivity contribution in [3.8, 4) is 5.75 Å². The van der Waals surface area contributed by atoms with Gasteiger partial charge in [0.05, 0.1) is 12.5 Å². The minimum atomic E-state index is -0.566. The second kappa shape index (κ2) is 5.55. The molecule has 110 valence electrons. The van der Waals surface area contributed by atoms with Crippen LogP contribution in [0.1, 0.15) is 43.0 Å². The van der Waals surface area contributed by atoms with Gasteiger partial charge in [-0.3, -0.25) is 4.79 Å². The molecule has 1 aliphatic heterocycles. The van der Waals surface area contributed by atoms with Gasteiger partial charge in [0.25, 0.3) is 0 Å². The summed E-state index contributed by atoms with van der Waals surface area (Å²) in [5.74, 6) is 0.652. The molecule has 2 heterocycles. The van der Waals surface area contributed by atoms with Crippen LogP contribution in [0, 0.1) is 0 Å². The van der Waals surface area contributed by atoms with Crippen molar-refractivity contribution in [2.24, 2.45) is 0 Å². The van der Waals surface area contributed by atoms with E-state index in [1.807, 2.05) is 24.3 Å². The van der Waals surface area contributed by atoms with E-state index >= 15 is 0 Å². The fourth-order valence-electron chi connectivity index (χ4n) is 2.31. The molecule has 0 N–H and O–H groups in total. The predicted molar refractivity (Wildman–Crippen MR) is 73.1 cm³/mol. The highest BCUT2D eigenvalue weighted by atomic mass is 16.5. The Balaban J connectivity index is 1.82. The topological polar surface area (TPSA) is 74.5 Å². The van der Waals surface area contributed by atoms with Crippen molar-refractivity contribution < 1.29 is 18.8 Å². The molecule has 2 aromatic rings. The maximum absolute atomic E-state index is 11.7. The number of carbonyl (C=O) groups is 1. The van der Waals surface area contributed by atoms with E-state index in [1.165, 1.54) is 0 Å². The SMILES string of the molecule is CCOC(=O)C(C)c1nc(C2COc3ccccc32)no1. The molecule has 0 fully saturated rings. The summed E-state index contributed by atoms with van der Waals surface area (Å²) < 4.78 is 15.8. The molecular formula is C15H16N2O4. The van der Waals surface area contributed by atoms with Crippen LogP contribution in [0.5, 0.6) is 5.75 Å². The van der Waals surface area contributed by atoms with Crippen molar-refractivity contribution in [1.29, 1.82) is 0 Å². The van der Waals surface area contributed by atoms with Crippen LogP contribution in [0.3, 0.4) is 0 Å². The molecule has 0 spiro atoms. The van der Waals surface area contributed by atoms with Gasteiger partial charge in [0.15, 0.2) is 5.82 Å².